The molecule has 1 fully saturated rings. The Hall–Kier alpha value is -0.380. The lowest BCUT2D eigenvalue weighted by atomic mass is 9.95. The van der Waals surface area contributed by atoms with Crippen molar-refractivity contribution in [3.8, 4) is 0 Å². The molecule has 3 heteroatoms. The van der Waals surface area contributed by atoms with E-state index >= 15 is 0 Å². The normalized spacial score (nSPS) is 26.8. The van der Waals surface area contributed by atoms with Gasteiger partial charge in [-0.15, -0.1) is 0 Å². The summed E-state index contributed by atoms with van der Waals surface area (Å²) in [6.07, 6.45) is 3.64. The van der Waals surface area contributed by atoms with Gasteiger partial charge in [-0.1, -0.05) is 34.5 Å². The lowest BCUT2D eigenvalue weighted by Crippen LogP contribution is -2.37. The minimum absolute atomic E-state index is 0.253. The summed E-state index contributed by atoms with van der Waals surface area (Å²) >= 11 is 3.55. The van der Waals surface area contributed by atoms with Crippen molar-refractivity contribution < 1.29 is 0 Å². The predicted octanol–water partition coefficient (Wildman–Crippen LogP) is 3.24. The molecule has 94 valence electrons. The van der Waals surface area contributed by atoms with Crippen LogP contribution in [0.15, 0.2) is 22.7 Å². The van der Waals surface area contributed by atoms with Crippen LogP contribution in [0.3, 0.4) is 0 Å². The number of likely N-dealkylation sites (tertiary alicyclic amines) is 1. The van der Waals surface area contributed by atoms with Gasteiger partial charge in [0, 0.05) is 16.6 Å². The Morgan fingerprint density at radius 3 is 2.82 bits per heavy atom. The van der Waals surface area contributed by atoms with Gasteiger partial charge >= 0.3 is 0 Å². The minimum Gasteiger partial charge on any atom is -0.326 e. The van der Waals surface area contributed by atoms with Gasteiger partial charge in [0.25, 0.3) is 0 Å². The minimum atomic E-state index is 0.253. The van der Waals surface area contributed by atoms with Gasteiger partial charge in [-0.2, -0.15) is 0 Å². The summed E-state index contributed by atoms with van der Waals surface area (Å²) in [5.41, 5.74) is 8.97. The zero-order valence-corrected chi connectivity index (χ0v) is 12.2. The molecule has 1 aliphatic heterocycles. The highest BCUT2D eigenvalue weighted by molar-refractivity contribution is 9.10. The second-order valence-electron chi connectivity index (χ2n) is 5.09. The van der Waals surface area contributed by atoms with Crippen molar-refractivity contribution in [1.29, 1.82) is 0 Å². The van der Waals surface area contributed by atoms with Gasteiger partial charge in [-0.05, 0) is 50.6 Å². The van der Waals surface area contributed by atoms with Crippen LogP contribution in [0.25, 0.3) is 0 Å². The van der Waals surface area contributed by atoms with E-state index in [2.05, 4.69) is 53.0 Å². The number of hydrogen-bond acceptors (Lipinski definition) is 2. The molecular weight excluding hydrogens is 276 g/mol. The molecule has 1 aromatic rings. The van der Waals surface area contributed by atoms with Crippen LogP contribution in [0.5, 0.6) is 0 Å². The monoisotopic (exact) mass is 296 g/mol. The molecule has 0 bridgehead atoms. The van der Waals surface area contributed by atoms with Crippen molar-refractivity contribution >= 4 is 15.9 Å². The number of nitrogens with zero attached hydrogens (tertiary/aromatic N) is 1. The van der Waals surface area contributed by atoms with Crippen molar-refractivity contribution in [2.24, 2.45) is 5.73 Å². The first kappa shape index (κ1) is 13.1. The molecule has 2 atom stereocenters. The van der Waals surface area contributed by atoms with Crippen molar-refractivity contribution in [3.05, 3.63) is 33.8 Å². The smallest absolute Gasteiger partial charge is 0.0496 e. The van der Waals surface area contributed by atoms with E-state index in [9.17, 15) is 0 Å². The van der Waals surface area contributed by atoms with Gasteiger partial charge < -0.3 is 5.73 Å². The van der Waals surface area contributed by atoms with E-state index in [1.165, 1.54) is 28.4 Å². The Kier molecular flexibility index (Phi) is 4.23. The molecule has 17 heavy (non-hydrogen) atoms. The van der Waals surface area contributed by atoms with E-state index in [1.807, 2.05) is 0 Å². The molecule has 0 saturated carbocycles. The third kappa shape index (κ3) is 2.90. The number of rotatable bonds is 1. The van der Waals surface area contributed by atoms with E-state index in [1.54, 1.807) is 0 Å². The summed E-state index contributed by atoms with van der Waals surface area (Å²) in [5, 5.41) is 0. The Balaban J connectivity index is 2.31. The van der Waals surface area contributed by atoms with E-state index in [4.69, 9.17) is 5.73 Å². The summed E-state index contributed by atoms with van der Waals surface area (Å²) in [5.74, 6) is 0. The first-order chi connectivity index (χ1) is 8.09. The van der Waals surface area contributed by atoms with E-state index in [-0.39, 0.29) is 6.04 Å². The van der Waals surface area contributed by atoms with E-state index in [0.717, 1.165) is 13.0 Å². The molecule has 2 N–H and O–H groups in total. The molecule has 1 heterocycles. The van der Waals surface area contributed by atoms with Crippen molar-refractivity contribution in [3.63, 3.8) is 0 Å². The van der Waals surface area contributed by atoms with Gasteiger partial charge in [0.2, 0.25) is 0 Å². The molecule has 2 nitrogen and oxygen atoms in total. The van der Waals surface area contributed by atoms with Crippen LogP contribution in [0.4, 0.5) is 0 Å². The maximum atomic E-state index is 6.34. The highest BCUT2D eigenvalue weighted by Crippen LogP contribution is 2.30. The van der Waals surface area contributed by atoms with Crippen LogP contribution in [0, 0.1) is 6.92 Å². The zero-order valence-electron chi connectivity index (χ0n) is 10.6. The molecule has 0 aliphatic carbocycles. The Labute approximate surface area is 112 Å². The zero-order chi connectivity index (χ0) is 12.4. The summed E-state index contributed by atoms with van der Waals surface area (Å²) in [6, 6.07) is 7.21. The maximum Gasteiger partial charge on any atom is 0.0496 e. The fourth-order valence-electron chi connectivity index (χ4n) is 2.72. The van der Waals surface area contributed by atoms with Crippen LogP contribution >= 0.6 is 15.9 Å². The molecule has 2 unspecified atom stereocenters. The Bertz CT molecular complexity index is 380. The van der Waals surface area contributed by atoms with Crippen molar-refractivity contribution in [2.45, 2.75) is 38.3 Å². The first-order valence-electron chi connectivity index (χ1n) is 6.31. The van der Waals surface area contributed by atoms with Gasteiger partial charge in [-0.3, -0.25) is 4.90 Å². The number of aryl methyl sites for hydroxylation is 1. The molecule has 1 aliphatic rings. The third-order valence-electron chi connectivity index (χ3n) is 3.70. The second kappa shape index (κ2) is 5.51. The molecule has 2 rings (SSSR count). The molecule has 1 saturated heterocycles. The quantitative estimate of drug-likeness (QED) is 0.862. The summed E-state index contributed by atoms with van der Waals surface area (Å²) in [6.45, 7) is 3.28. The molecule has 0 amide bonds. The molecule has 0 spiro atoms. The average molecular weight is 297 g/mol. The lowest BCUT2D eigenvalue weighted by molar-refractivity contribution is 0.230. The van der Waals surface area contributed by atoms with Crippen molar-refractivity contribution in [1.82, 2.24) is 4.90 Å². The van der Waals surface area contributed by atoms with Gasteiger partial charge in [-0.25, -0.2) is 0 Å². The largest absolute Gasteiger partial charge is 0.326 e. The fraction of sp³-hybridized carbons (Fsp3) is 0.571. The van der Waals surface area contributed by atoms with E-state index < -0.39 is 0 Å². The summed E-state index contributed by atoms with van der Waals surface area (Å²) in [7, 11) is 2.19. The highest BCUT2D eigenvalue weighted by Gasteiger charge is 2.26. The van der Waals surface area contributed by atoms with Crippen LogP contribution in [-0.4, -0.2) is 24.5 Å². The SMILES string of the molecule is Cc1cc(C2C(N)CCCCN2C)ccc1Br. The molecule has 1 aromatic carbocycles. The summed E-state index contributed by atoms with van der Waals surface area (Å²) in [4.78, 5) is 2.40. The lowest BCUT2D eigenvalue weighted by Gasteiger charge is -2.31. The average Bonchev–Trinajstić information content (AvgIpc) is 2.45. The Morgan fingerprint density at radius 2 is 2.12 bits per heavy atom. The highest BCUT2D eigenvalue weighted by atomic mass is 79.9. The number of halogens is 1. The van der Waals surface area contributed by atoms with Crippen molar-refractivity contribution in [2.75, 3.05) is 13.6 Å². The second-order valence-corrected chi connectivity index (χ2v) is 5.95. The predicted molar refractivity (Wildman–Crippen MR) is 76.1 cm³/mol. The molecular formula is C14H21BrN2. The van der Waals surface area contributed by atoms with Crippen LogP contribution in [0.1, 0.15) is 36.4 Å². The maximum absolute atomic E-state index is 6.34. The van der Waals surface area contributed by atoms with Crippen LogP contribution in [0.2, 0.25) is 0 Å². The molecule has 0 aromatic heterocycles. The van der Waals surface area contributed by atoms with Crippen LogP contribution in [-0.2, 0) is 0 Å². The number of nitrogens with two attached hydrogens (primary N) is 1. The standard InChI is InChI=1S/C14H21BrN2/c1-10-9-11(6-7-12(10)15)14-13(16)5-3-4-8-17(14)2/h6-7,9,13-14H,3-5,8,16H2,1-2H3. The third-order valence-corrected chi connectivity index (χ3v) is 4.59. The van der Waals surface area contributed by atoms with Gasteiger partial charge in [0.05, 0.1) is 0 Å². The Morgan fingerprint density at radius 1 is 1.35 bits per heavy atom. The fourth-order valence-corrected chi connectivity index (χ4v) is 2.97. The number of benzene rings is 1. The molecule has 0 radical (unpaired) electrons. The van der Waals surface area contributed by atoms with Crippen LogP contribution < -0.4 is 5.73 Å². The van der Waals surface area contributed by atoms with Gasteiger partial charge in [0.15, 0.2) is 0 Å². The summed E-state index contributed by atoms with van der Waals surface area (Å²) < 4.78 is 1.17. The number of likely N-dealkylation sites (N-methyl/N-ethyl adjacent to an activating group) is 1. The van der Waals surface area contributed by atoms with E-state index in [0.29, 0.717) is 6.04 Å². The number of hydrogen-bond donors (Lipinski definition) is 1. The first-order valence-corrected chi connectivity index (χ1v) is 7.11. The van der Waals surface area contributed by atoms with Gasteiger partial charge in [0.1, 0.15) is 0 Å². The topological polar surface area (TPSA) is 29.3 Å².